The van der Waals surface area contributed by atoms with Crippen molar-refractivity contribution in [3.8, 4) is 5.75 Å². The van der Waals surface area contributed by atoms with Crippen molar-refractivity contribution < 1.29 is 9.84 Å². The third kappa shape index (κ3) is 2.23. The minimum absolute atomic E-state index is 0.0547. The average molecular weight is 273 g/mol. The first-order chi connectivity index (χ1) is 9.79. The smallest absolute Gasteiger partial charge is 0.122 e. The molecule has 2 bridgehead atoms. The zero-order valence-electron chi connectivity index (χ0n) is 11.9. The first-order valence-electron chi connectivity index (χ1n) is 7.98. The molecule has 1 aromatic carbocycles. The van der Waals surface area contributed by atoms with Gasteiger partial charge >= 0.3 is 0 Å². The molecular formula is C17H23NO2. The molecule has 3 nitrogen and oxygen atoms in total. The van der Waals surface area contributed by atoms with E-state index in [-0.39, 0.29) is 6.10 Å². The molecule has 2 atom stereocenters. The molecule has 0 aromatic heterocycles. The van der Waals surface area contributed by atoms with E-state index < -0.39 is 0 Å². The quantitative estimate of drug-likeness (QED) is 0.916. The van der Waals surface area contributed by atoms with Crippen LogP contribution in [0, 0.1) is 0 Å². The second-order valence-corrected chi connectivity index (χ2v) is 6.54. The van der Waals surface area contributed by atoms with E-state index >= 15 is 0 Å². The second-order valence-electron chi connectivity index (χ2n) is 6.54. The van der Waals surface area contributed by atoms with Crippen molar-refractivity contribution in [1.82, 2.24) is 4.90 Å². The lowest BCUT2D eigenvalue weighted by Crippen LogP contribution is -2.45. The Morgan fingerprint density at radius 2 is 2.00 bits per heavy atom. The average Bonchev–Trinajstić information content (AvgIpc) is 2.99. The van der Waals surface area contributed by atoms with Gasteiger partial charge in [0.2, 0.25) is 0 Å². The molecule has 20 heavy (non-hydrogen) atoms. The van der Waals surface area contributed by atoms with Gasteiger partial charge in [-0.1, -0.05) is 12.1 Å². The molecule has 1 aromatic rings. The fraction of sp³-hybridized carbons (Fsp3) is 0.647. The van der Waals surface area contributed by atoms with Crippen LogP contribution in [0.5, 0.6) is 5.75 Å². The highest BCUT2D eigenvalue weighted by Gasteiger charge is 2.39. The van der Waals surface area contributed by atoms with Crippen LogP contribution >= 0.6 is 0 Å². The van der Waals surface area contributed by atoms with Crippen LogP contribution in [0.15, 0.2) is 18.2 Å². The summed E-state index contributed by atoms with van der Waals surface area (Å²) < 4.78 is 5.57. The summed E-state index contributed by atoms with van der Waals surface area (Å²) in [4.78, 5) is 2.65. The Hall–Kier alpha value is -1.06. The molecule has 3 heterocycles. The van der Waals surface area contributed by atoms with Crippen LogP contribution in [-0.4, -0.2) is 41.3 Å². The van der Waals surface area contributed by atoms with Gasteiger partial charge in [0, 0.05) is 25.0 Å². The molecule has 2 fully saturated rings. The van der Waals surface area contributed by atoms with E-state index in [0.717, 1.165) is 44.6 Å². The predicted molar refractivity (Wildman–Crippen MR) is 78.1 cm³/mol. The number of rotatable bonds is 3. The van der Waals surface area contributed by atoms with Crippen LogP contribution in [0.25, 0.3) is 0 Å². The Morgan fingerprint density at radius 1 is 1.20 bits per heavy atom. The minimum Gasteiger partial charge on any atom is -0.493 e. The summed E-state index contributed by atoms with van der Waals surface area (Å²) in [6.07, 6.45) is 6.64. The van der Waals surface area contributed by atoms with Crippen molar-refractivity contribution in [2.45, 2.75) is 56.7 Å². The van der Waals surface area contributed by atoms with Crippen molar-refractivity contribution in [3.63, 3.8) is 0 Å². The number of hydrogen-bond donors (Lipinski definition) is 1. The highest BCUT2D eigenvalue weighted by atomic mass is 16.5. The molecule has 108 valence electrons. The molecule has 0 radical (unpaired) electrons. The number of nitrogens with zero attached hydrogens (tertiary/aromatic N) is 1. The highest BCUT2D eigenvalue weighted by Crippen LogP contribution is 2.35. The summed E-state index contributed by atoms with van der Waals surface area (Å²) >= 11 is 0. The molecule has 0 amide bonds. The predicted octanol–water partition coefficient (Wildman–Crippen LogP) is 2.15. The highest BCUT2D eigenvalue weighted by molar-refractivity contribution is 5.39. The minimum atomic E-state index is -0.0547. The van der Waals surface area contributed by atoms with Gasteiger partial charge in [0.1, 0.15) is 5.75 Å². The number of piperidine rings is 1. The van der Waals surface area contributed by atoms with E-state index in [0.29, 0.717) is 12.1 Å². The van der Waals surface area contributed by atoms with Crippen molar-refractivity contribution in [2.24, 2.45) is 0 Å². The standard InChI is InChI=1S/C17H23NO2/c19-16-10-14-2-3-15(11-16)18(14)7-5-12-1-4-17-13(9-12)6-8-20-17/h1,4,9,14-16,19H,2-3,5-8,10-11H2. The topological polar surface area (TPSA) is 32.7 Å². The van der Waals surface area contributed by atoms with Gasteiger partial charge in [0.15, 0.2) is 0 Å². The van der Waals surface area contributed by atoms with Gasteiger partial charge in [-0.25, -0.2) is 0 Å². The first-order valence-corrected chi connectivity index (χ1v) is 7.98. The van der Waals surface area contributed by atoms with E-state index in [1.165, 1.54) is 24.0 Å². The van der Waals surface area contributed by atoms with Crippen LogP contribution in [0.1, 0.15) is 36.8 Å². The number of ether oxygens (including phenoxy) is 1. The van der Waals surface area contributed by atoms with E-state index in [4.69, 9.17) is 4.74 Å². The van der Waals surface area contributed by atoms with Crippen LogP contribution < -0.4 is 4.74 Å². The van der Waals surface area contributed by atoms with E-state index in [1.54, 1.807) is 0 Å². The lowest BCUT2D eigenvalue weighted by molar-refractivity contribution is 0.0362. The summed E-state index contributed by atoms with van der Waals surface area (Å²) in [7, 11) is 0. The van der Waals surface area contributed by atoms with Crippen LogP contribution in [0.2, 0.25) is 0 Å². The Balaban J connectivity index is 1.41. The summed E-state index contributed by atoms with van der Waals surface area (Å²) in [6, 6.07) is 7.92. The molecule has 1 N–H and O–H groups in total. The Kier molecular flexibility index (Phi) is 3.20. The fourth-order valence-electron chi connectivity index (χ4n) is 4.26. The van der Waals surface area contributed by atoms with Crippen LogP contribution in [-0.2, 0) is 12.8 Å². The third-order valence-corrected chi connectivity index (χ3v) is 5.27. The molecule has 2 unspecified atom stereocenters. The zero-order chi connectivity index (χ0) is 13.5. The molecule has 3 heteroatoms. The van der Waals surface area contributed by atoms with E-state index in [1.807, 2.05) is 0 Å². The number of fused-ring (bicyclic) bond motifs is 3. The van der Waals surface area contributed by atoms with Crippen molar-refractivity contribution in [1.29, 1.82) is 0 Å². The number of benzene rings is 1. The van der Waals surface area contributed by atoms with E-state index in [9.17, 15) is 5.11 Å². The Morgan fingerprint density at radius 3 is 2.80 bits per heavy atom. The lowest BCUT2D eigenvalue weighted by atomic mass is 9.98. The number of hydrogen-bond acceptors (Lipinski definition) is 3. The monoisotopic (exact) mass is 273 g/mol. The summed E-state index contributed by atoms with van der Waals surface area (Å²) in [5.41, 5.74) is 2.80. The molecular weight excluding hydrogens is 250 g/mol. The lowest BCUT2D eigenvalue weighted by Gasteiger charge is -2.37. The Bertz CT molecular complexity index is 488. The number of aliphatic hydroxyl groups is 1. The molecule has 0 aliphatic carbocycles. The SMILES string of the molecule is OC1CC2CCC(C1)N2CCc1ccc2c(c1)CCO2. The van der Waals surface area contributed by atoms with Gasteiger partial charge in [0.05, 0.1) is 12.7 Å². The van der Waals surface area contributed by atoms with Crippen LogP contribution in [0.4, 0.5) is 0 Å². The molecule has 4 rings (SSSR count). The maximum atomic E-state index is 9.86. The number of aliphatic hydroxyl groups excluding tert-OH is 1. The van der Waals surface area contributed by atoms with Gasteiger partial charge in [-0.2, -0.15) is 0 Å². The van der Waals surface area contributed by atoms with Crippen molar-refractivity contribution in [3.05, 3.63) is 29.3 Å². The third-order valence-electron chi connectivity index (χ3n) is 5.27. The molecule has 0 spiro atoms. The molecule has 3 aliphatic rings. The maximum absolute atomic E-state index is 9.86. The summed E-state index contributed by atoms with van der Waals surface area (Å²) in [6.45, 7) is 1.98. The van der Waals surface area contributed by atoms with Crippen molar-refractivity contribution >= 4 is 0 Å². The largest absolute Gasteiger partial charge is 0.493 e. The molecule has 3 aliphatic heterocycles. The summed E-state index contributed by atoms with van der Waals surface area (Å²) in [5.74, 6) is 1.08. The maximum Gasteiger partial charge on any atom is 0.122 e. The van der Waals surface area contributed by atoms with Gasteiger partial charge < -0.3 is 9.84 Å². The normalized spacial score (nSPS) is 32.1. The molecule has 2 saturated heterocycles. The van der Waals surface area contributed by atoms with E-state index in [2.05, 4.69) is 23.1 Å². The van der Waals surface area contributed by atoms with Gasteiger partial charge in [-0.3, -0.25) is 4.90 Å². The van der Waals surface area contributed by atoms with Gasteiger partial charge in [0.25, 0.3) is 0 Å². The zero-order valence-corrected chi connectivity index (χ0v) is 11.9. The second kappa shape index (κ2) is 5.05. The van der Waals surface area contributed by atoms with Gasteiger partial charge in [-0.15, -0.1) is 0 Å². The summed E-state index contributed by atoms with van der Waals surface area (Å²) in [5, 5.41) is 9.86. The first kappa shape index (κ1) is 12.7. The van der Waals surface area contributed by atoms with Crippen molar-refractivity contribution in [2.75, 3.05) is 13.2 Å². The molecule has 0 saturated carbocycles. The van der Waals surface area contributed by atoms with Crippen LogP contribution in [0.3, 0.4) is 0 Å². The Labute approximate surface area is 120 Å². The van der Waals surface area contributed by atoms with Gasteiger partial charge in [-0.05, 0) is 49.3 Å². The fourth-order valence-corrected chi connectivity index (χ4v) is 4.26.